The molecule has 0 aromatic heterocycles. The molecule has 0 fully saturated rings. The second-order valence-corrected chi connectivity index (χ2v) is 4.04. The molecule has 0 bridgehead atoms. The molecule has 0 unspecified atom stereocenters. The number of halogens is 1. The van der Waals surface area contributed by atoms with Crippen LogP contribution in [0.3, 0.4) is 0 Å². The van der Waals surface area contributed by atoms with Crippen LogP contribution in [0.15, 0.2) is 34.7 Å². The summed E-state index contributed by atoms with van der Waals surface area (Å²) < 4.78 is 0. The lowest BCUT2D eigenvalue weighted by atomic mass is 10.1. The van der Waals surface area contributed by atoms with E-state index in [1.54, 1.807) is 18.7 Å². The van der Waals surface area contributed by atoms with Gasteiger partial charge in [-0.25, -0.2) is 0 Å². The number of hydrogen-bond donors (Lipinski definition) is 0. The van der Waals surface area contributed by atoms with Crippen molar-refractivity contribution in [1.29, 1.82) is 5.26 Å². The maximum atomic E-state index is 8.67. The van der Waals surface area contributed by atoms with Gasteiger partial charge in [-0.15, -0.1) is 11.8 Å². The van der Waals surface area contributed by atoms with Gasteiger partial charge in [0.05, 0.1) is 11.1 Å². The van der Waals surface area contributed by atoms with Crippen LogP contribution in [0.5, 0.6) is 0 Å². The van der Waals surface area contributed by atoms with Crippen LogP contribution in [0.25, 0.3) is 5.03 Å². The van der Waals surface area contributed by atoms with Crippen molar-refractivity contribution in [2.45, 2.75) is 11.8 Å². The lowest BCUT2D eigenvalue weighted by molar-refractivity contribution is 1.42. The molecule has 3 heteroatoms. The van der Waals surface area contributed by atoms with Gasteiger partial charge in [0.1, 0.15) is 0 Å². The first kappa shape index (κ1) is 11.2. The Hall–Kier alpha value is -0.910. The molecular weight excluding hydrogens is 214 g/mol. The van der Waals surface area contributed by atoms with Crippen molar-refractivity contribution in [1.82, 2.24) is 0 Å². The first-order valence-corrected chi connectivity index (χ1v) is 5.70. The molecule has 0 radical (unpaired) electrons. The Bertz CT molecular complexity index is 387. The zero-order chi connectivity index (χ0) is 10.6. The molecule has 0 spiro atoms. The summed E-state index contributed by atoms with van der Waals surface area (Å²) >= 11 is 7.68. The van der Waals surface area contributed by atoms with E-state index in [0.29, 0.717) is 10.6 Å². The third kappa shape index (κ3) is 2.54. The van der Waals surface area contributed by atoms with Crippen LogP contribution in [0, 0.1) is 11.3 Å². The van der Waals surface area contributed by atoms with Crippen molar-refractivity contribution in [3.05, 3.63) is 35.4 Å². The van der Waals surface area contributed by atoms with E-state index in [-0.39, 0.29) is 0 Å². The Morgan fingerprint density at radius 2 is 1.93 bits per heavy atom. The Labute approximate surface area is 93.4 Å². The van der Waals surface area contributed by atoms with Crippen molar-refractivity contribution < 1.29 is 0 Å². The Morgan fingerprint density at radius 3 is 2.36 bits per heavy atom. The molecule has 0 aliphatic heterocycles. The zero-order valence-corrected chi connectivity index (χ0v) is 9.62. The van der Waals surface area contributed by atoms with Crippen LogP contribution in [0.1, 0.15) is 12.5 Å². The number of rotatable bonds is 2. The number of benzene rings is 1. The lowest BCUT2D eigenvalue weighted by Gasteiger charge is -2.01. The summed E-state index contributed by atoms with van der Waals surface area (Å²) in [5.41, 5.74) is 1.44. The van der Waals surface area contributed by atoms with E-state index in [1.165, 1.54) is 4.90 Å². The van der Waals surface area contributed by atoms with E-state index in [1.807, 2.05) is 36.6 Å². The van der Waals surface area contributed by atoms with Crippen LogP contribution < -0.4 is 0 Å². The summed E-state index contributed by atoms with van der Waals surface area (Å²) in [5.74, 6) is 0. The molecule has 0 aliphatic rings. The molecule has 72 valence electrons. The summed E-state index contributed by atoms with van der Waals surface area (Å²) in [6.45, 7) is 1.71. The minimum Gasteiger partial charge on any atom is -0.193 e. The molecule has 0 aliphatic carbocycles. The number of thioether (sulfide) groups is 1. The number of nitriles is 1. The van der Waals surface area contributed by atoms with E-state index in [9.17, 15) is 0 Å². The SMILES string of the molecule is CSc1ccc(C(Cl)=C(C)C#N)cc1. The van der Waals surface area contributed by atoms with Crippen molar-refractivity contribution >= 4 is 28.4 Å². The second-order valence-electron chi connectivity index (χ2n) is 2.78. The molecule has 0 atom stereocenters. The largest absolute Gasteiger partial charge is 0.193 e. The molecule has 1 rings (SSSR count). The van der Waals surface area contributed by atoms with E-state index >= 15 is 0 Å². The molecule has 0 amide bonds. The Morgan fingerprint density at radius 1 is 1.36 bits per heavy atom. The van der Waals surface area contributed by atoms with Gasteiger partial charge in [0.15, 0.2) is 0 Å². The fourth-order valence-electron chi connectivity index (χ4n) is 1.00. The Kier molecular flexibility index (Phi) is 4.06. The molecule has 0 saturated carbocycles. The maximum absolute atomic E-state index is 8.67. The topological polar surface area (TPSA) is 23.8 Å². The summed E-state index contributed by atoms with van der Waals surface area (Å²) in [6, 6.07) is 9.87. The fraction of sp³-hybridized carbons (Fsp3) is 0.182. The quantitative estimate of drug-likeness (QED) is 0.561. The van der Waals surface area contributed by atoms with Gasteiger partial charge in [-0.1, -0.05) is 23.7 Å². The summed E-state index contributed by atoms with van der Waals surface area (Å²) in [5, 5.41) is 9.20. The summed E-state index contributed by atoms with van der Waals surface area (Å²) in [6.07, 6.45) is 2.02. The smallest absolute Gasteiger partial charge is 0.0959 e. The normalized spacial score (nSPS) is 11.9. The van der Waals surface area contributed by atoms with E-state index < -0.39 is 0 Å². The maximum Gasteiger partial charge on any atom is 0.0959 e. The van der Waals surface area contributed by atoms with E-state index in [0.717, 1.165) is 5.56 Å². The average molecular weight is 224 g/mol. The molecule has 0 N–H and O–H groups in total. The van der Waals surface area contributed by atoms with Gasteiger partial charge < -0.3 is 0 Å². The third-order valence-corrected chi connectivity index (χ3v) is 3.09. The predicted octanol–water partition coefficient (Wildman–Crippen LogP) is 3.90. The fourth-order valence-corrected chi connectivity index (χ4v) is 1.58. The summed E-state index contributed by atoms with van der Waals surface area (Å²) in [7, 11) is 0. The second kappa shape index (κ2) is 5.09. The van der Waals surface area contributed by atoms with Crippen molar-refractivity contribution in [2.75, 3.05) is 6.26 Å². The standard InChI is InChI=1S/C11H10ClNS/c1-8(7-13)11(12)9-3-5-10(14-2)6-4-9/h3-6H,1-2H3. The Balaban J connectivity index is 3.05. The molecule has 1 aromatic carbocycles. The molecule has 0 heterocycles. The van der Waals surface area contributed by atoms with Gasteiger partial charge in [-0.2, -0.15) is 5.26 Å². The monoisotopic (exact) mass is 223 g/mol. The van der Waals surface area contributed by atoms with Crippen molar-refractivity contribution in [2.24, 2.45) is 0 Å². The minimum absolute atomic E-state index is 0.528. The average Bonchev–Trinajstić information content (AvgIpc) is 2.27. The van der Waals surface area contributed by atoms with Gasteiger partial charge in [-0.05, 0) is 30.9 Å². The van der Waals surface area contributed by atoms with Crippen molar-refractivity contribution in [3.63, 3.8) is 0 Å². The third-order valence-electron chi connectivity index (χ3n) is 1.84. The number of allylic oxidation sites excluding steroid dienone is 1. The van der Waals surface area contributed by atoms with Gasteiger partial charge in [0.2, 0.25) is 0 Å². The highest BCUT2D eigenvalue weighted by molar-refractivity contribution is 7.98. The number of hydrogen-bond acceptors (Lipinski definition) is 2. The van der Waals surface area contributed by atoms with Crippen LogP contribution in [0.4, 0.5) is 0 Å². The van der Waals surface area contributed by atoms with Crippen LogP contribution in [-0.2, 0) is 0 Å². The van der Waals surface area contributed by atoms with Crippen LogP contribution >= 0.6 is 23.4 Å². The highest BCUT2D eigenvalue weighted by atomic mass is 35.5. The van der Waals surface area contributed by atoms with Gasteiger partial charge in [-0.3, -0.25) is 0 Å². The van der Waals surface area contributed by atoms with Gasteiger partial charge in [0, 0.05) is 10.5 Å². The highest BCUT2D eigenvalue weighted by Crippen LogP contribution is 2.24. The summed E-state index contributed by atoms with van der Waals surface area (Å²) in [4.78, 5) is 1.19. The van der Waals surface area contributed by atoms with E-state index in [4.69, 9.17) is 16.9 Å². The number of nitrogens with zero attached hydrogens (tertiary/aromatic N) is 1. The van der Waals surface area contributed by atoms with Crippen LogP contribution in [0.2, 0.25) is 0 Å². The van der Waals surface area contributed by atoms with Crippen molar-refractivity contribution in [3.8, 4) is 6.07 Å². The zero-order valence-electron chi connectivity index (χ0n) is 8.04. The minimum atomic E-state index is 0.528. The highest BCUT2D eigenvalue weighted by Gasteiger charge is 2.02. The molecule has 1 nitrogen and oxygen atoms in total. The first-order valence-electron chi connectivity index (χ1n) is 4.10. The van der Waals surface area contributed by atoms with E-state index in [2.05, 4.69) is 0 Å². The molecule has 1 aromatic rings. The molecule has 0 saturated heterocycles. The lowest BCUT2D eigenvalue weighted by Crippen LogP contribution is -1.80. The first-order chi connectivity index (χ1) is 6.69. The predicted molar refractivity (Wildman–Crippen MR) is 62.3 cm³/mol. The van der Waals surface area contributed by atoms with Crippen LogP contribution in [-0.4, -0.2) is 6.26 Å². The van der Waals surface area contributed by atoms with Gasteiger partial charge >= 0.3 is 0 Å². The van der Waals surface area contributed by atoms with Gasteiger partial charge in [0.25, 0.3) is 0 Å². The molecular formula is C11H10ClNS. The molecule has 14 heavy (non-hydrogen) atoms.